The lowest BCUT2D eigenvalue weighted by Crippen LogP contribution is -2.39. The SMILES string of the molecule is NNC(=O)C(=O)Nc1ccc(OC2CCCCC2)nc1. The Morgan fingerprint density at radius 3 is 2.55 bits per heavy atom. The number of hydrogen-bond acceptors (Lipinski definition) is 5. The summed E-state index contributed by atoms with van der Waals surface area (Å²) in [5, 5.41) is 2.37. The van der Waals surface area contributed by atoms with Crippen LogP contribution in [0, 0.1) is 0 Å². The number of pyridine rings is 1. The zero-order chi connectivity index (χ0) is 14.4. The molecule has 1 heterocycles. The van der Waals surface area contributed by atoms with E-state index in [0.29, 0.717) is 11.6 Å². The normalized spacial score (nSPS) is 15.4. The number of ether oxygens (including phenoxy) is 1. The van der Waals surface area contributed by atoms with Crippen LogP contribution in [0.3, 0.4) is 0 Å². The number of nitrogens with zero attached hydrogens (tertiary/aromatic N) is 1. The molecule has 1 saturated carbocycles. The highest BCUT2D eigenvalue weighted by Gasteiger charge is 2.16. The Labute approximate surface area is 116 Å². The molecule has 0 radical (unpaired) electrons. The lowest BCUT2D eigenvalue weighted by atomic mass is 9.98. The fourth-order valence-electron chi connectivity index (χ4n) is 2.13. The van der Waals surface area contributed by atoms with Gasteiger partial charge in [-0.2, -0.15) is 0 Å². The Kier molecular flexibility index (Phi) is 4.89. The number of nitrogens with one attached hydrogen (secondary N) is 2. The molecule has 0 unspecified atom stereocenters. The molecule has 108 valence electrons. The lowest BCUT2D eigenvalue weighted by molar-refractivity contribution is -0.136. The third-order valence-electron chi connectivity index (χ3n) is 3.17. The van der Waals surface area contributed by atoms with Gasteiger partial charge in [0.1, 0.15) is 6.10 Å². The van der Waals surface area contributed by atoms with Gasteiger partial charge in [0, 0.05) is 6.07 Å². The molecular weight excluding hydrogens is 260 g/mol. The van der Waals surface area contributed by atoms with Gasteiger partial charge in [0.2, 0.25) is 5.88 Å². The van der Waals surface area contributed by atoms with Crippen molar-refractivity contribution in [2.75, 3.05) is 5.32 Å². The second-order valence-electron chi connectivity index (χ2n) is 4.69. The van der Waals surface area contributed by atoms with Gasteiger partial charge in [-0.25, -0.2) is 10.8 Å². The quantitative estimate of drug-likeness (QED) is 0.327. The molecule has 0 aliphatic heterocycles. The van der Waals surface area contributed by atoms with E-state index in [0.717, 1.165) is 12.8 Å². The van der Waals surface area contributed by atoms with Gasteiger partial charge in [-0.15, -0.1) is 0 Å². The van der Waals surface area contributed by atoms with Crippen molar-refractivity contribution >= 4 is 17.5 Å². The van der Waals surface area contributed by atoms with E-state index in [1.54, 1.807) is 17.6 Å². The number of carbonyl (C=O) groups is 2. The summed E-state index contributed by atoms with van der Waals surface area (Å²) in [6, 6.07) is 3.30. The summed E-state index contributed by atoms with van der Waals surface area (Å²) in [7, 11) is 0. The lowest BCUT2D eigenvalue weighted by Gasteiger charge is -2.22. The second kappa shape index (κ2) is 6.85. The molecule has 1 aromatic heterocycles. The Hall–Kier alpha value is -2.15. The minimum absolute atomic E-state index is 0.222. The van der Waals surface area contributed by atoms with Gasteiger partial charge in [-0.05, 0) is 31.7 Å². The van der Waals surface area contributed by atoms with Gasteiger partial charge in [-0.3, -0.25) is 15.0 Å². The molecule has 4 N–H and O–H groups in total. The van der Waals surface area contributed by atoms with Crippen LogP contribution < -0.4 is 21.3 Å². The topological polar surface area (TPSA) is 106 Å². The van der Waals surface area contributed by atoms with Crippen molar-refractivity contribution in [2.24, 2.45) is 5.84 Å². The van der Waals surface area contributed by atoms with E-state index in [1.807, 2.05) is 0 Å². The van der Waals surface area contributed by atoms with Crippen LogP contribution in [0.15, 0.2) is 18.3 Å². The summed E-state index contributed by atoms with van der Waals surface area (Å²) in [5.74, 6) is 3.64. The van der Waals surface area contributed by atoms with Gasteiger partial charge in [0.25, 0.3) is 0 Å². The monoisotopic (exact) mass is 278 g/mol. The standard InChI is InChI=1S/C13H18N4O3/c14-17-13(19)12(18)16-9-6-7-11(15-8-9)20-10-4-2-1-3-5-10/h6-8,10H,1-5,14H2,(H,16,18)(H,17,19). The second-order valence-corrected chi connectivity index (χ2v) is 4.69. The van der Waals surface area contributed by atoms with Crippen molar-refractivity contribution in [2.45, 2.75) is 38.2 Å². The maximum atomic E-state index is 11.3. The molecule has 2 amide bonds. The number of hydrogen-bond donors (Lipinski definition) is 3. The van der Waals surface area contributed by atoms with Crippen molar-refractivity contribution in [1.82, 2.24) is 10.4 Å². The maximum absolute atomic E-state index is 11.3. The van der Waals surface area contributed by atoms with Gasteiger partial charge >= 0.3 is 11.8 Å². The van der Waals surface area contributed by atoms with Crippen LogP contribution in [0.1, 0.15) is 32.1 Å². The highest BCUT2D eigenvalue weighted by Crippen LogP contribution is 2.22. The van der Waals surface area contributed by atoms with Crippen LogP contribution in [-0.4, -0.2) is 22.9 Å². The van der Waals surface area contributed by atoms with E-state index >= 15 is 0 Å². The molecule has 20 heavy (non-hydrogen) atoms. The molecule has 0 atom stereocenters. The smallest absolute Gasteiger partial charge is 0.323 e. The largest absolute Gasteiger partial charge is 0.474 e. The third-order valence-corrected chi connectivity index (χ3v) is 3.17. The number of rotatable bonds is 3. The van der Waals surface area contributed by atoms with E-state index in [4.69, 9.17) is 10.6 Å². The number of nitrogens with two attached hydrogens (primary N) is 1. The van der Waals surface area contributed by atoms with Crippen molar-refractivity contribution in [3.8, 4) is 5.88 Å². The first-order valence-corrected chi connectivity index (χ1v) is 6.63. The van der Waals surface area contributed by atoms with Gasteiger partial charge < -0.3 is 10.1 Å². The highest BCUT2D eigenvalue weighted by molar-refractivity contribution is 6.39. The zero-order valence-electron chi connectivity index (χ0n) is 11.1. The number of carbonyl (C=O) groups excluding carboxylic acids is 2. The van der Waals surface area contributed by atoms with Gasteiger partial charge in [0.05, 0.1) is 11.9 Å². The zero-order valence-corrected chi connectivity index (χ0v) is 11.1. The predicted molar refractivity (Wildman–Crippen MR) is 72.7 cm³/mol. The molecule has 0 aromatic carbocycles. The summed E-state index contributed by atoms with van der Waals surface area (Å²) in [6.45, 7) is 0. The first-order valence-electron chi connectivity index (χ1n) is 6.63. The highest BCUT2D eigenvalue weighted by atomic mass is 16.5. The average molecular weight is 278 g/mol. The number of aromatic nitrogens is 1. The molecule has 7 heteroatoms. The van der Waals surface area contributed by atoms with Crippen LogP contribution >= 0.6 is 0 Å². The van der Waals surface area contributed by atoms with E-state index in [1.165, 1.54) is 25.5 Å². The minimum atomic E-state index is -0.910. The number of anilines is 1. The number of hydrazine groups is 1. The Morgan fingerprint density at radius 2 is 1.95 bits per heavy atom. The van der Waals surface area contributed by atoms with Crippen molar-refractivity contribution in [1.29, 1.82) is 0 Å². The molecule has 0 saturated heterocycles. The summed E-state index contributed by atoms with van der Waals surface area (Å²) in [4.78, 5) is 26.3. The molecule has 0 spiro atoms. The first-order chi connectivity index (χ1) is 9.69. The Morgan fingerprint density at radius 1 is 1.20 bits per heavy atom. The van der Waals surface area contributed by atoms with Crippen LogP contribution in [0.4, 0.5) is 5.69 Å². The summed E-state index contributed by atoms with van der Waals surface area (Å²) in [5.41, 5.74) is 2.17. The summed E-state index contributed by atoms with van der Waals surface area (Å²) < 4.78 is 5.76. The van der Waals surface area contributed by atoms with Crippen molar-refractivity contribution in [3.05, 3.63) is 18.3 Å². The molecule has 1 aliphatic carbocycles. The van der Waals surface area contributed by atoms with Crippen molar-refractivity contribution < 1.29 is 14.3 Å². The van der Waals surface area contributed by atoms with E-state index in [2.05, 4.69) is 10.3 Å². The van der Waals surface area contributed by atoms with E-state index in [9.17, 15) is 9.59 Å². The Balaban J connectivity index is 1.89. The summed E-state index contributed by atoms with van der Waals surface area (Å²) >= 11 is 0. The molecule has 1 aromatic rings. The molecular formula is C13H18N4O3. The Bertz CT molecular complexity index is 469. The van der Waals surface area contributed by atoms with Crippen LogP contribution in [0.25, 0.3) is 0 Å². The summed E-state index contributed by atoms with van der Waals surface area (Å²) in [6.07, 6.45) is 7.41. The molecule has 0 bridgehead atoms. The maximum Gasteiger partial charge on any atom is 0.323 e. The van der Waals surface area contributed by atoms with Crippen LogP contribution in [-0.2, 0) is 9.59 Å². The van der Waals surface area contributed by atoms with E-state index < -0.39 is 11.8 Å². The molecule has 7 nitrogen and oxygen atoms in total. The van der Waals surface area contributed by atoms with Crippen molar-refractivity contribution in [3.63, 3.8) is 0 Å². The van der Waals surface area contributed by atoms with Crippen LogP contribution in [0.2, 0.25) is 0 Å². The van der Waals surface area contributed by atoms with Crippen LogP contribution in [0.5, 0.6) is 5.88 Å². The van der Waals surface area contributed by atoms with E-state index in [-0.39, 0.29) is 6.10 Å². The molecule has 2 rings (SSSR count). The first kappa shape index (κ1) is 14.3. The molecule has 1 aliphatic rings. The fraction of sp³-hybridized carbons (Fsp3) is 0.462. The van der Waals surface area contributed by atoms with Gasteiger partial charge in [0.15, 0.2) is 0 Å². The average Bonchev–Trinajstić information content (AvgIpc) is 2.49. The predicted octanol–water partition coefficient (Wildman–Crippen LogP) is 0.721. The third kappa shape index (κ3) is 3.92. The number of amides is 2. The minimum Gasteiger partial charge on any atom is -0.474 e. The fourth-order valence-corrected chi connectivity index (χ4v) is 2.13. The van der Waals surface area contributed by atoms with Gasteiger partial charge in [-0.1, -0.05) is 6.42 Å². The molecule has 1 fully saturated rings.